The number of pyridine rings is 3. The molecule has 6 aromatic rings. The van der Waals surface area contributed by atoms with E-state index < -0.39 is 0 Å². The highest BCUT2D eigenvalue weighted by Gasteiger charge is 2.19. The molecule has 0 unspecified atom stereocenters. The number of carbonyl (C=O) groups excluding carboxylic acids is 1. The number of aromatic amines is 2. The first kappa shape index (κ1) is 23.3. The Kier molecular flexibility index (Phi) is 5.84. The molecule has 0 bridgehead atoms. The van der Waals surface area contributed by atoms with Crippen LogP contribution in [0.15, 0.2) is 66.0 Å². The molecule has 3 N–H and O–H groups in total. The normalized spacial score (nSPS) is 14.3. The Morgan fingerprint density at radius 3 is 2.79 bits per heavy atom. The third kappa shape index (κ3) is 4.54. The number of furan rings is 1. The van der Waals surface area contributed by atoms with Crippen molar-refractivity contribution in [3.8, 4) is 34.0 Å². The van der Waals surface area contributed by atoms with Crippen LogP contribution in [0.1, 0.15) is 38.5 Å². The molecule has 7 rings (SSSR count). The Morgan fingerprint density at radius 1 is 1.00 bits per heavy atom. The van der Waals surface area contributed by atoms with Crippen molar-refractivity contribution >= 4 is 33.5 Å². The van der Waals surface area contributed by atoms with E-state index in [1.54, 1.807) is 37.3 Å². The number of amides is 1. The lowest BCUT2D eigenvalue weighted by Crippen LogP contribution is -2.18. The number of H-pyrrole nitrogens is 2. The van der Waals surface area contributed by atoms with E-state index in [4.69, 9.17) is 9.40 Å². The SMILES string of the molecule is O=C(CC1CCCCC1)Nc1cncc(-c2cc3c(-c4nc5c(-c6ccoc6)nccc5[nH]4)n[nH]c3cn2)c1. The van der Waals surface area contributed by atoms with E-state index >= 15 is 0 Å². The van der Waals surface area contributed by atoms with Gasteiger partial charge >= 0.3 is 0 Å². The minimum atomic E-state index is 0.0375. The summed E-state index contributed by atoms with van der Waals surface area (Å²) < 4.78 is 5.24. The largest absolute Gasteiger partial charge is 0.472 e. The zero-order valence-corrected chi connectivity index (χ0v) is 21.1. The van der Waals surface area contributed by atoms with Crippen molar-refractivity contribution < 1.29 is 9.21 Å². The quantitative estimate of drug-likeness (QED) is 0.241. The summed E-state index contributed by atoms with van der Waals surface area (Å²) >= 11 is 0. The number of aromatic nitrogens is 7. The maximum Gasteiger partial charge on any atom is 0.224 e. The van der Waals surface area contributed by atoms with Crippen LogP contribution in [0.5, 0.6) is 0 Å². The summed E-state index contributed by atoms with van der Waals surface area (Å²) in [5, 5.41) is 11.5. The van der Waals surface area contributed by atoms with Gasteiger partial charge in [0, 0.05) is 35.3 Å². The van der Waals surface area contributed by atoms with Gasteiger partial charge in [-0.05, 0) is 43.0 Å². The van der Waals surface area contributed by atoms with Crippen LogP contribution in [0.2, 0.25) is 0 Å². The number of carbonyl (C=O) groups is 1. The Hall–Kier alpha value is -4.86. The van der Waals surface area contributed by atoms with Gasteiger partial charge in [0.25, 0.3) is 0 Å². The van der Waals surface area contributed by atoms with Crippen molar-refractivity contribution in [2.45, 2.75) is 38.5 Å². The first-order valence-electron chi connectivity index (χ1n) is 13.2. The molecule has 194 valence electrons. The van der Waals surface area contributed by atoms with Crippen molar-refractivity contribution in [2.75, 3.05) is 5.32 Å². The van der Waals surface area contributed by atoms with Crippen LogP contribution in [-0.2, 0) is 4.79 Å². The second kappa shape index (κ2) is 9.79. The molecule has 0 aromatic carbocycles. The van der Waals surface area contributed by atoms with Gasteiger partial charge in [-0.25, -0.2) is 4.98 Å². The Balaban J connectivity index is 1.19. The Bertz CT molecular complexity index is 1780. The summed E-state index contributed by atoms with van der Waals surface area (Å²) in [5.41, 5.74) is 6.82. The van der Waals surface area contributed by atoms with E-state index in [2.05, 4.69) is 35.5 Å². The van der Waals surface area contributed by atoms with Crippen LogP contribution in [0.3, 0.4) is 0 Å². The molecule has 1 fully saturated rings. The van der Waals surface area contributed by atoms with E-state index in [0.29, 0.717) is 29.5 Å². The average molecular weight is 519 g/mol. The number of rotatable bonds is 6. The summed E-state index contributed by atoms with van der Waals surface area (Å²) in [6, 6.07) is 7.61. The van der Waals surface area contributed by atoms with Gasteiger partial charge in [0.05, 0.1) is 47.3 Å². The second-order valence-electron chi connectivity index (χ2n) is 10.1. The minimum Gasteiger partial charge on any atom is -0.472 e. The van der Waals surface area contributed by atoms with E-state index in [9.17, 15) is 4.79 Å². The Labute approximate surface area is 223 Å². The van der Waals surface area contributed by atoms with Crippen molar-refractivity contribution in [3.63, 3.8) is 0 Å². The second-order valence-corrected chi connectivity index (χ2v) is 10.1. The third-order valence-corrected chi connectivity index (χ3v) is 7.38. The lowest BCUT2D eigenvalue weighted by molar-refractivity contribution is -0.117. The molecule has 1 aliphatic rings. The van der Waals surface area contributed by atoms with Crippen molar-refractivity contribution in [1.82, 2.24) is 35.1 Å². The standard InChI is InChI=1S/C29H26N8O2/c38-25(10-17-4-2-1-3-5-17)33-20-11-19(13-30-14-20)23-12-21-24(15-32-23)36-37-27(21)29-34-22-6-8-31-26(28(22)35-29)18-7-9-39-16-18/h6-9,11-17H,1-5,10H2,(H,33,38)(H,34,35)(H,36,37). The molecule has 6 heterocycles. The molecule has 1 aliphatic carbocycles. The molecule has 10 nitrogen and oxygen atoms in total. The van der Waals surface area contributed by atoms with Gasteiger partial charge in [-0.1, -0.05) is 19.3 Å². The van der Waals surface area contributed by atoms with Gasteiger partial charge in [-0.15, -0.1) is 0 Å². The summed E-state index contributed by atoms with van der Waals surface area (Å²) in [7, 11) is 0. The molecule has 0 saturated heterocycles. The highest BCUT2D eigenvalue weighted by molar-refractivity contribution is 5.97. The minimum absolute atomic E-state index is 0.0375. The summed E-state index contributed by atoms with van der Waals surface area (Å²) in [6.07, 6.45) is 16.7. The summed E-state index contributed by atoms with van der Waals surface area (Å²) in [5.74, 6) is 1.13. The molecule has 1 saturated carbocycles. The van der Waals surface area contributed by atoms with Crippen molar-refractivity contribution in [2.24, 2.45) is 5.92 Å². The molecule has 39 heavy (non-hydrogen) atoms. The zero-order chi connectivity index (χ0) is 26.2. The lowest BCUT2D eigenvalue weighted by atomic mass is 9.87. The van der Waals surface area contributed by atoms with Crippen LogP contribution in [-0.4, -0.2) is 41.0 Å². The maximum absolute atomic E-state index is 12.7. The van der Waals surface area contributed by atoms with Crippen LogP contribution >= 0.6 is 0 Å². The fourth-order valence-electron chi connectivity index (χ4n) is 5.43. The van der Waals surface area contributed by atoms with E-state index in [0.717, 1.165) is 57.3 Å². The van der Waals surface area contributed by atoms with Crippen LogP contribution in [0.25, 0.3) is 56.0 Å². The maximum atomic E-state index is 12.7. The zero-order valence-electron chi connectivity index (χ0n) is 21.1. The van der Waals surface area contributed by atoms with Gasteiger partial charge < -0.3 is 14.7 Å². The number of hydrogen-bond donors (Lipinski definition) is 3. The monoisotopic (exact) mass is 518 g/mol. The molecular weight excluding hydrogens is 492 g/mol. The summed E-state index contributed by atoms with van der Waals surface area (Å²) in [4.78, 5) is 34.3. The van der Waals surface area contributed by atoms with E-state index in [-0.39, 0.29) is 5.91 Å². The number of imidazole rings is 1. The topological polar surface area (TPSA) is 138 Å². The van der Waals surface area contributed by atoms with Gasteiger partial charge in [0.15, 0.2) is 5.82 Å². The highest BCUT2D eigenvalue weighted by Crippen LogP contribution is 2.32. The van der Waals surface area contributed by atoms with Crippen LogP contribution in [0.4, 0.5) is 5.69 Å². The molecule has 1 amide bonds. The fourth-order valence-corrected chi connectivity index (χ4v) is 5.43. The van der Waals surface area contributed by atoms with Crippen LogP contribution in [0, 0.1) is 5.92 Å². The Morgan fingerprint density at radius 2 is 1.92 bits per heavy atom. The van der Waals surface area contributed by atoms with Crippen molar-refractivity contribution in [1.29, 1.82) is 0 Å². The number of nitrogens with zero attached hydrogens (tertiary/aromatic N) is 5. The molecule has 6 aromatic heterocycles. The van der Waals surface area contributed by atoms with E-state index in [1.807, 2.05) is 24.3 Å². The first-order valence-corrected chi connectivity index (χ1v) is 13.2. The highest BCUT2D eigenvalue weighted by atomic mass is 16.3. The molecule has 0 atom stereocenters. The lowest BCUT2D eigenvalue weighted by Gasteiger charge is -2.20. The number of hydrogen-bond acceptors (Lipinski definition) is 7. The fraction of sp³-hybridized carbons (Fsp3) is 0.241. The molecule has 0 aliphatic heterocycles. The van der Waals surface area contributed by atoms with Gasteiger partial charge in [0.1, 0.15) is 16.9 Å². The van der Waals surface area contributed by atoms with Crippen molar-refractivity contribution in [3.05, 3.63) is 61.6 Å². The van der Waals surface area contributed by atoms with Gasteiger partial charge in [-0.3, -0.25) is 24.8 Å². The molecule has 0 spiro atoms. The predicted molar refractivity (Wildman–Crippen MR) is 148 cm³/mol. The predicted octanol–water partition coefficient (Wildman–Crippen LogP) is 6.13. The molecular formula is C29H26N8O2. The molecule has 10 heteroatoms. The number of anilines is 1. The van der Waals surface area contributed by atoms with Gasteiger partial charge in [0.2, 0.25) is 5.91 Å². The summed E-state index contributed by atoms with van der Waals surface area (Å²) in [6.45, 7) is 0. The number of fused-ring (bicyclic) bond motifs is 2. The smallest absolute Gasteiger partial charge is 0.224 e. The van der Waals surface area contributed by atoms with Gasteiger partial charge in [-0.2, -0.15) is 5.10 Å². The number of nitrogens with one attached hydrogen (secondary N) is 3. The average Bonchev–Trinajstić information content (AvgIpc) is 3.73. The third-order valence-electron chi connectivity index (χ3n) is 7.38. The first-order chi connectivity index (χ1) is 19.2. The van der Waals surface area contributed by atoms with Crippen LogP contribution < -0.4 is 5.32 Å². The van der Waals surface area contributed by atoms with E-state index in [1.165, 1.54) is 19.3 Å². The molecule has 0 radical (unpaired) electrons.